The summed E-state index contributed by atoms with van der Waals surface area (Å²) in [4.78, 5) is 2.79. The highest BCUT2D eigenvalue weighted by Gasteiger charge is 2.10. The Bertz CT molecular complexity index is 522. The Morgan fingerprint density at radius 1 is 1.20 bits per heavy atom. The Kier molecular flexibility index (Phi) is 6.62. The molecule has 0 aliphatic heterocycles. The number of thiophene rings is 1. The van der Waals surface area contributed by atoms with Crippen molar-refractivity contribution in [1.82, 2.24) is 5.32 Å². The molecule has 0 amide bonds. The van der Waals surface area contributed by atoms with Gasteiger partial charge >= 0.3 is 0 Å². The van der Waals surface area contributed by atoms with E-state index in [0.717, 1.165) is 18.7 Å². The molecule has 1 aromatic heterocycles. The molecule has 0 radical (unpaired) electrons. The Morgan fingerprint density at radius 3 is 2.55 bits per heavy atom. The molecule has 1 aromatic carbocycles. The van der Waals surface area contributed by atoms with Crippen molar-refractivity contribution in [1.29, 1.82) is 0 Å². The molecule has 0 saturated heterocycles. The summed E-state index contributed by atoms with van der Waals surface area (Å²) in [5.41, 5.74) is 1.32. The van der Waals surface area contributed by atoms with Gasteiger partial charge in [0, 0.05) is 21.6 Å². The number of aryl methyl sites for hydroxylation is 1. The monoisotopic (exact) mass is 369 g/mol. The fourth-order valence-corrected chi connectivity index (χ4v) is 4.54. The smallest absolute Gasteiger partial charge is 0.0701 e. The average Bonchev–Trinajstić information content (AvgIpc) is 2.83. The summed E-state index contributed by atoms with van der Waals surface area (Å²) in [6.45, 7) is 5.32. The number of hydrogen-bond acceptors (Lipinski definition) is 3. The molecule has 0 saturated carbocycles. The van der Waals surface area contributed by atoms with Crippen molar-refractivity contribution in [2.75, 3.05) is 12.3 Å². The molecule has 2 rings (SSSR count). The van der Waals surface area contributed by atoms with Crippen molar-refractivity contribution in [3.05, 3.63) is 50.6 Å². The first-order valence-electron chi connectivity index (χ1n) is 6.84. The average molecular weight is 370 g/mol. The summed E-state index contributed by atoms with van der Waals surface area (Å²) in [6.07, 6.45) is 1.10. The predicted molar refractivity (Wildman–Crippen MR) is 95.1 cm³/mol. The van der Waals surface area contributed by atoms with E-state index in [4.69, 9.17) is 0 Å². The highest BCUT2D eigenvalue weighted by atomic mass is 79.9. The number of likely N-dealkylation sites (N-methyl/N-ethyl adjacent to an activating group) is 1. The van der Waals surface area contributed by atoms with Crippen molar-refractivity contribution in [3.63, 3.8) is 0 Å². The lowest BCUT2D eigenvalue weighted by Crippen LogP contribution is -2.32. The molecule has 0 bridgehead atoms. The summed E-state index contributed by atoms with van der Waals surface area (Å²) in [7, 11) is 0. The lowest BCUT2D eigenvalue weighted by molar-refractivity contribution is 0.576. The summed E-state index contributed by atoms with van der Waals surface area (Å²) in [6, 6.07) is 13.7. The lowest BCUT2D eigenvalue weighted by Gasteiger charge is -2.16. The maximum atomic E-state index is 3.59. The summed E-state index contributed by atoms with van der Waals surface area (Å²) in [5.74, 6) is 1.10. The molecule has 0 fully saturated rings. The van der Waals surface area contributed by atoms with Crippen LogP contribution >= 0.6 is 39.0 Å². The molecule has 0 aliphatic rings. The predicted octanol–water partition coefficient (Wildman–Crippen LogP) is 5.13. The third-order valence-electron chi connectivity index (χ3n) is 3.04. The highest BCUT2D eigenvalue weighted by Crippen LogP contribution is 2.25. The first kappa shape index (κ1) is 16.1. The van der Waals surface area contributed by atoms with E-state index >= 15 is 0 Å². The van der Waals surface area contributed by atoms with E-state index in [1.807, 2.05) is 23.1 Å². The van der Waals surface area contributed by atoms with Crippen LogP contribution in [0, 0.1) is 6.92 Å². The third kappa shape index (κ3) is 5.24. The number of nitrogens with one attached hydrogen (secondary N) is 1. The van der Waals surface area contributed by atoms with Gasteiger partial charge in [0.15, 0.2) is 0 Å². The quantitative estimate of drug-likeness (QED) is 0.678. The van der Waals surface area contributed by atoms with E-state index in [2.05, 4.69) is 71.5 Å². The van der Waals surface area contributed by atoms with Gasteiger partial charge in [0.1, 0.15) is 0 Å². The van der Waals surface area contributed by atoms with Crippen molar-refractivity contribution in [2.45, 2.75) is 31.2 Å². The van der Waals surface area contributed by atoms with E-state index in [1.165, 1.54) is 19.1 Å². The minimum Gasteiger partial charge on any atom is -0.313 e. The van der Waals surface area contributed by atoms with Gasteiger partial charge in [0.25, 0.3) is 0 Å². The molecular formula is C16H20BrNS2. The molecule has 1 unspecified atom stereocenters. The SMILES string of the molecule is CCNC(CSc1ccc(C)cc1)Cc1ccc(Br)s1. The van der Waals surface area contributed by atoms with E-state index in [1.54, 1.807) is 0 Å². The fraction of sp³-hybridized carbons (Fsp3) is 0.375. The molecule has 4 heteroatoms. The fourth-order valence-electron chi connectivity index (χ4n) is 2.01. The number of thioether (sulfide) groups is 1. The second-order valence-electron chi connectivity index (χ2n) is 4.79. The van der Waals surface area contributed by atoms with Gasteiger partial charge in [0.2, 0.25) is 0 Å². The van der Waals surface area contributed by atoms with Crippen LogP contribution in [0.15, 0.2) is 45.1 Å². The van der Waals surface area contributed by atoms with Gasteiger partial charge in [-0.1, -0.05) is 24.6 Å². The van der Waals surface area contributed by atoms with Gasteiger partial charge in [-0.25, -0.2) is 0 Å². The summed E-state index contributed by atoms with van der Waals surface area (Å²) in [5, 5.41) is 3.59. The maximum absolute atomic E-state index is 3.59. The zero-order valence-corrected chi connectivity index (χ0v) is 15.1. The van der Waals surface area contributed by atoms with E-state index in [-0.39, 0.29) is 0 Å². The number of hydrogen-bond donors (Lipinski definition) is 1. The molecule has 0 spiro atoms. The second-order valence-corrected chi connectivity index (χ2v) is 8.43. The molecule has 1 heterocycles. The molecular weight excluding hydrogens is 350 g/mol. The van der Waals surface area contributed by atoms with Crippen molar-refractivity contribution < 1.29 is 0 Å². The van der Waals surface area contributed by atoms with Crippen LogP contribution in [0.5, 0.6) is 0 Å². The first-order valence-corrected chi connectivity index (χ1v) is 9.44. The number of rotatable bonds is 7. The highest BCUT2D eigenvalue weighted by molar-refractivity contribution is 9.11. The molecule has 108 valence electrons. The maximum Gasteiger partial charge on any atom is 0.0701 e. The van der Waals surface area contributed by atoms with Crippen LogP contribution in [0.3, 0.4) is 0 Å². The van der Waals surface area contributed by atoms with Crippen LogP contribution in [0.4, 0.5) is 0 Å². The van der Waals surface area contributed by atoms with Crippen molar-refractivity contribution in [2.24, 2.45) is 0 Å². The normalized spacial score (nSPS) is 12.6. The van der Waals surface area contributed by atoms with E-state index in [9.17, 15) is 0 Å². The van der Waals surface area contributed by atoms with Gasteiger partial charge in [-0.05, 0) is 60.1 Å². The Morgan fingerprint density at radius 2 is 1.95 bits per heavy atom. The molecule has 1 atom stereocenters. The first-order chi connectivity index (χ1) is 9.67. The topological polar surface area (TPSA) is 12.0 Å². The van der Waals surface area contributed by atoms with E-state index in [0.29, 0.717) is 6.04 Å². The minimum absolute atomic E-state index is 0.525. The minimum atomic E-state index is 0.525. The van der Waals surface area contributed by atoms with Crippen LogP contribution in [0.1, 0.15) is 17.4 Å². The zero-order chi connectivity index (χ0) is 14.4. The molecule has 2 aromatic rings. The number of benzene rings is 1. The van der Waals surface area contributed by atoms with Crippen LogP contribution in [-0.2, 0) is 6.42 Å². The second kappa shape index (κ2) is 8.23. The largest absolute Gasteiger partial charge is 0.313 e. The van der Waals surface area contributed by atoms with Gasteiger partial charge in [0.05, 0.1) is 3.79 Å². The van der Waals surface area contributed by atoms with Crippen LogP contribution in [-0.4, -0.2) is 18.3 Å². The zero-order valence-electron chi connectivity index (χ0n) is 11.9. The molecule has 20 heavy (non-hydrogen) atoms. The lowest BCUT2D eigenvalue weighted by atomic mass is 10.2. The Labute approximate surface area is 138 Å². The molecule has 1 N–H and O–H groups in total. The third-order valence-corrected chi connectivity index (χ3v) is 5.86. The van der Waals surface area contributed by atoms with Gasteiger partial charge < -0.3 is 5.32 Å². The van der Waals surface area contributed by atoms with Gasteiger partial charge in [-0.15, -0.1) is 23.1 Å². The van der Waals surface area contributed by atoms with Crippen LogP contribution < -0.4 is 5.32 Å². The van der Waals surface area contributed by atoms with Gasteiger partial charge in [-0.2, -0.15) is 0 Å². The standard InChI is InChI=1S/C16H20BrNS2/c1-3-18-13(10-15-8-9-16(17)20-15)11-19-14-6-4-12(2)5-7-14/h4-9,13,18H,3,10-11H2,1-2H3. The summed E-state index contributed by atoms with van der Waals surface area (Å²) >= 11 is 7.30. The number of halogens is 1. The van der Waals surface area contributed by atoms with E-state index < -0.39 is 0 Å². The van der Waals surface area contributed by atoms with Crippen molar-refractivity contribution >= 4 is 39.0 Å². The van der Waals surface area contributed by atoms with Gasteiger partial charge in [-0.3, -0.25) is 0 Å². The van der Waals surface area contributed by atoms with Crippen LogP contribution in [0.25, 0.3) is 0 Å². The van der Waals surface area contributed by atoms with Crippen molar-refractivity contribution in [3.8, 4) is 0 Å². The Hall–Kier alpha value is -0.290. The Balaban J connectivity index is 1.90. The summed E-state index contributed by atoms with van der Waals surface area (Å²) < 4.78 is 1.22. The molecule has 0 aliphatic carbocycles. The molecule has 1 nitrogen and oxygen atoms in total. The van der Waals surface area contributed by atoms with Crippen LogP contribution in [0.2, 0.25) is 0 Å².